The second-order valence-corrected chi connectivity index (χ2v) is 4.95. The van der Waals surface area contributed by atoms with Crippen LogP contribution in [0.1, 0.15) is 24.9 Å². The zero-order valence-corrected chi connectivity index (χ0v) is 12.3. The number of anilines is 1. The Balaban J connectivity index is 2.19. The van der Waals surface area contributed by atoms with Crippen LogP contribution in [-0.4, -0.2) is 12.2 Å². The fourth-order valence-corrected chi connectivity index (χ4v) is 2.27. The highest BCUT2D eigenvalue weighted by Crippen LogP contribution is 2.30. The lowest BCUT2D eigenvalue weighted by atomic mass is 10.0. The molecule has 0 heterocycles. The van der Waals surface area contributed by atoms with Crippen molar-refractivity contribution < 1.29 is 9.84 Å². The molecule has 0 aliphatic rings. The zero-order chi connectivity index (χ0) is 14.5. The van der Waals surface area contributed by atoms with Crippen LogP contribution in [0, 0.1) is 0 Å². The van der Waals surface area contributed by atoms with Crippen molar-refractivity contribution in [3.8, 4) is 11.5 Å². The summed E-state index contributed by atoms with van der Waals surface area (Å²) in [6.07, 6.45) is 0.926. The van der Waals surface area contributed by atoms with Gasteiger partial charge in [0.05, 0.1) is 18.2 Å². The Bertz CT molecular complexity index is 569. The van der Waals surface area contributed by atoms with Crippen LogP contribution < -0.4 is 10.1 Å². The lowest BCUT2D eigenvalue weighted by Gasteiger charge is -2.19. The van der Waals surface area contributed by atoms with Crippen molar-refractivity contribution in [2.24, 2.45) is 0 Å². The number of hydrogen-bond acceptors (Lipinski definition) is 3. The fraction of sp³-hybridized carbons (Fsp3) is 0.250. The van der Waals surface area contributed by atoms with Gasteiger partial charge in [-0.25, -0.2) is 0 Å². The number of rotatable bonds is 5. The first-order valence-electron chi connectivity index (χ1n) is 6.53. The van der Waals surface area contributed by atoms with Crippen molar-refractivity contribution in [3.05, 3.63) is 53.1 Å². The molecular formula is C16H18ClNO2. The predicted octanol–water partition coefficient (Wildman–Crippen LogP) is 4.62. The number of phenolic OH excluding ortho intramolecular Hbond substituents is 1. The number of methoxy groups -OCH3 is 1. The second kappa shape index (κ2) is 6.53. The molecule has 4 heteroatoms. The smallest absolute Gasteiger partial charge is 0.139 e. The second-order valence-electron chi connectivity index (χ2n) is 4.55. The van der Waals surface area contributed by atoms with Gasteiger partial charge in [0.2, 0.25) is 0 Å². The third kappa shape index (κ3) is 3.36. The van der Waals surface area contributed by atoms with E-state index in [9.17, 15) is 5.11 Å². The Labute approximate surface area is 124 Å². The molecule has 0 bridgehead atoms. The number of halogens is 1. The van der Waals surface area contributed by atoms with E-state index in [1.807, 2.05) is 30.3 Å². The minimum atomic E-state index is 0.168. The largest absolute Gasteiger partial charge is 0.508 e. The number of benzene rings is 2. The summed E-state index contributed by atoms with van der Waals surface area (Å²) in [5, 5.41) is 13.4. The molecule has 0 spiro atoms. The van der Waals surface area contributed by atoms with E-state index in [1.54, 1.807) is 19.2 Å². The summed E-state index contributed by atoms with van der Waals surface area (Å²) < 4.78 is 5.22. The van der Waals surface area contributed by atoms with Gasteiger partial charge in [-0.05, 0) is 36.2 Å². The number of aromatic hydroxyl groups is 1. The van der Waals surface area contributed by atoms with Gasteiger partial charge in [-0.3, -0.25) is 0 Å². The van der Waals surface area contributed by atoms with Gasteiger partial charge in [0.1, 0.15) is 11.5 Å². The lowest BCUT2D eigenvalue weighted by molar-refractivity contribution is 0.415. The van der Waals surface area contributed by atoms with Gasteiger partial charge in [-0.2, -0.15) is 0 Å². The van der Waals surface area contributed by atoms with Crippen LogP contribution in [0.2, 0.25) is 5.02 Å². The van der Waals surface area contributed by atoms with E-state index < -0.39 is 0 Å². The van der Waals surface area contributed by atoms with Crippen molar-refractivity contribution in [2.75, 3.05) is 12.4 Å². The van der Waals surface area contributed by atoms with Crippen molar-refractivity contribution in [1.82, 2.24) is 0 Å². The summed E-state index contributed by atoms with van der Waals surface area (Å²) in [7, 11) is 1.60. The minimum Gasteiger partial charge on any atom is -0.508 e. The topological polar surface area (TPSA) is 41.5 Å². The molecule has 0 fully saturated rings. The molecule has 0 aliphatic heterocycles. The molecule has 3 nitrogen and oxygen atoms in total. The van der Waals surface area contributed by atoms with E-state index in [2.05, 4.69) is 12.2 Å². The first-order chi connectivity index (χ1) is 9.63. The molecule has 2 aromatic carbocycles. The molecule has 1 unspecified atom stereocenters. The van der Waals surface area contributed by atoms with Crippen LogP contribution in [-0.2, 0) is 0 Å². The highest BCUT2D eigenvalue weighted by atomic mass is 35.5. The van der Waals surface area contributed by atoms with Gasteiger partial charge in [0.15, 0.2) is 0 Å². The normalized spacial score (nSPS) is 11.9. The van der Waals surface area contributed by atoms with Crippen molar-refractivity contribution in [3.63, 3.8) is 0 Å². The van der Waals surface area contributed by atoms with Gasteiger partial charge < -0.3 is 15.2 Å². The molecule has 0 radical (unpaired) electrons. The van der Waals surface area contributed by atoms with E-state index in [-0.39, 0.29) is 11.8 Å². The number of nitrogens with one attached hydrogen (secondary N) is 1. The van der Waals surface area contributed by atoms with E-state index in [1.165, 1.54) is 0 Å². The van der Waals surface area contributed by atoms with Crippen LogP contribution in [0.3, 0.4) is 0 Å². The third-order valence-corrected chi connectivity index (χ3v) is 3.51. The Kier molecular flexibility index (Phi) is 4.74. The number of phenols is 1. The summed E-state index contributed by atoms with van der Waals surface area (Å²) in [6, 6.07) is 13.0. The van der Waals surface area contributed by atoms with Gasteiger partial charge in [-0.1, -0.05) is 30.7 Å². The molecule has 0 aromatic heterocycles. The van der Waals surface area contributed by atoms with Crippen molar-refractivity contribution in [1.29, 1.82) is 0 Å². The quantitative estimate of drug-likeness (QED) is 0.845. The highest BCUT2D eigenvalue weighted by molar-refractivity contribution is 6.32. The average Bonchev–Trinajstić information content (AvgIpc) is 2.47. The van der Waals surface area contributed by atoms with E-state index in [4.69, 9.17) is 16.3 Å². The first kappa shape index (κ1) is 14.5. The van der Waals surface area contributed by atoms with E-state index in [0.717, 1.165) is 17.7 Å². The maximum absolute atomic E-state index is 9.35. The molecule has 0 saturated carbocycles. The maximum atomic E-state index is 9.35. The SMILES string of the molecule is CCC(Nc1ccc(Cl)c(OC)c1)c1ccc(O)cc1. The number of ether oxygens (including phenoxy) is 1. The van der Waals surface area contributed by atoms with Gasteiger partial charge in [0.25, 0.3) is 0 Å². The minimum absolute atomic E-state index is 0.168. The van der Waals surface area contributed by atoms with Gasteiger partial charge in [0, 0.05) is 11.8 Å². The van der Waals surface area contributed by atoms with E-state index in [0.29, 0.717) is 10.8 Å². The summed E-state index contributed by atoms with van der Waals surface area (Å²) >= 11 is 6.02. The Hall–Kier alpha value is -1.87. The molecule has 20 heavy (non-hydrogen) atoms. The monoisotopic (exact) mass is 291 g/mol. The molecule has 1 atom stereocenters. The molecule has 0 amide bonds. The molecule has 0 aliphatic carbocycles. The van der Waals surface area contributed by atoms with Gasteiger partial charge >= 0.3 is 0 Å². The Morgan fingerprint density at radius 3 is 2.50 bits per heavy atom. The van der Waals surface area contributed by atoms with Crippen molar-refractivity contribution >= 4 is 17.3 Å². The van der Waals surface area contributed by atoms with Crippen LogP contribution in [0.4, 0.5) is 5.69 Å². The van der Waals surface area contributed by atoms with Crippen LogP contribution >= 0.6 is 11.6 Å². The predicted molar refractivity (Wildman–Crippen MR) is 82.8 cm³/mol. The van der Waals surface area contributed by atoms with Crippen LogP contribution in [0.5, 0.6) is 11.5 Å². The first-order valence-corrected chi connectivity index (χ1v) is 6.91. The molecule has 106 valence electrons. The number of hydrogen-bond donors (Lipinski definition) is 2. The van der Waals surface area contributed by atoms with Gasteiger partial charge in [-0.15, -0.1) is 0 Å². The standard InChI is InChI=1S/C16H18ClNO2/c1-3-15(11-4-7-13(19)8-5-11)18-12-6-9-14(17)16(10-12)20-2/h4-10,15,18-19H,3H2,1-2H3. The highest BCUT2D eigenvalue weighted by Gasteiger charge is 2.10. The maximum Gasteiger partial charge on any atom is 0.139 e. The summed E-state index contributed by atoms with van der Waals surface area (Å²) in [4.78, 5) is 0. The zero-order valence-electron chi connectivity index (χ0n) is 11.6. The summed E-state index contributed by atoms with van der Waals surface area (Å²) in [5.41, 5.74) is 2.07. The van der Waals surface area contributed by atoms with Crippen LogP contribution in [0.25, 0.3) is 0 Å². The van der Waals surface area contributed by atoms with Crippen molar-refractivity contribution in [2.45, 2.75) is 19.4 Å². The molecule has 2 aromatic rings. The average molecular weight is 292 g/mol. The summed E-state index contributed by atoms with van der Waals surface area (Å²) in [6.45, 7) is 2.11. The Morgan fingerprint density at radius 1 is 1.20 bits per heavy atom. The lowest BCUT2D eigenvalue weighted by Crippen LogP contribution is -2.09. The van der Waals surface area contributed by atoms with Crippen LogP contribution in [0.15, 0.2) is 42.5 Å². The molecule has 2 rings (SSSR count). The van der Waals surface area contributed by atoms with E-state index >= 15 is 0 Å². The molecular weight excluding hydrogens is 274 g/mol. The summed E-state index contributed by atoms with van der Waals surface area (Å²) in [5.74, 6) is 0.925. The third-order valence-electron chi connectivity index (χ3n) is 3.20. The molecule has 2 N–H and O–H groups in total. The fourth-order valence-electron chi connectivity index (χ4n) is 2.08. The Morgan fingerprint density at radius 2 is 1.90 bits per heavy atom. The molecule has 0 saturated heterocycles.